The average Bonchev–Trinajstić information content (AvgIpc) is 3.03. The lowest BCUT2D eigenvalue weighted by molar-refractivity contribution is -0.138. The lowest BCUT2D eigenvalue weighted by atomic mass is 9.98. The van der Waals surface area contributed by atoms with Crippen LogP contribution < -0.4 is 9.80 Å². The predicted octanol–water partition coefficient (Wildman–Crippen LogP) is 4.64. The highest BCUT2D eigenvalue weighted by atomic mass is 16.5. The quantitative estimate of drug-likeness (QED) is 0.575. The van der Waals surface area contributed by atoms with Crippen molar-refractivity contribution in [3.63, 3.8) is 0 Å². The van der Waals surface area contributed by atoms with Crippen molar-refractivity contribution in [2.24, 2.45) is 0 Å². The zero-order valence-electron chi connectivity index (χ0n) is 15.6. The van der Waals surface area contributed by atoms with Crippen LogP contribution in [-0.4, -0.2) is 18.6 Å². The van der Waals surface area contributed by atoms with Crippen molar-refractivity contribution in [2.75, 3.05) is 16.4 Å². The summed E-state index contributed by atoms with van der Waals surface area (Å²) < 4.78 is 5.38. The SMILES string of the molecule is C=C[C@H]1CCC(C(=O)OCC)=C2N(Cc3ccccc3)c3ccccc3N21. The molecule has 4 heteroatoms. The minimum atomic E-state index is -0.217. The first kappa shape index (κ1) is 17.4. The summed E-state index contributed by atoms with van der Waals surface area (Å²) in [5.41, 5.74) is 4.19. The molecule has 1 atom stereocenters. The lowest BCUT2D eigenvalue weighted by Gasteiger charge is -2.36. The average molecular weight is 360 g/mol. The molecule has 4 nitrogen and oxygen atoms in total. The number of ether oxygens (including phenoxy) is 1. The van der Waals surface area contributed by atoms with Gasteiger partial charge in [0.15, 0.2) is 0 Å². The highest BCUT2D eigenvalue weighted by Gasteiger charge is 2.41. The Balaban J connectivity index is 1.86. The van der Waals surface area contributed by atoms with E-state index in [2.05, 4.69) is 40.6 Å². The lowest BCUT2D eigenvalue weighted by Crippen LogP contribution is -2.41. The Bertz CT molecular complexity index is 888. The van der Waals surface area contributed by atoms with E-state index in [1.807, 2.05) is 43.3 Å². The minimum absolute atomic E-state index is 0.167. The third-order valence-electron chi connectivity index (χ3n) is 5.19. The molecule has 2 aromatic carbocycles. The summed E-state index contributed by atoms with van der Waals surface area (Å²) >= 11 is 0. The standard InChI is InChI=1S/C23H24N2O2/c1-3-18-14-15-19(23(26)27-4-2)22-24(16-17-10-6-5-7-11-17)20-12-8-9-13-21(20)25(18)22/h3,5-13,18H,1,4,14-16H2,2H3/t18-/m0/s1. The molecule has 2 aromatic rings. The summed E-state index contributed by atoms with van der Waals surface area (Å²) in [5.74, 6) is 0.723. The Morgan fingerprint density at radius 3 is 2.56 bits per heavy atom. The Morgan fingerprint density at radius 2 is 1.85 bits per heavy atom. The van der Waals surface area contributed by atoms with Crippen LogP contribution in [0.4, 0.5) is 11.4 Å². The van der Waals surface area contributed by atoms with Crippen LogP contribution in [0.15, 0.2) is 78.6 Å². The number of anilines is 2. The Kier molecular flexibility index (Phi) is 4.71. The van der Waals surface area contributed by atoms with Crippen molar-refractivity contribution in [1.29, 1.82) is 0 Å². The van der Waals surface area contributed by atoms with Crippen LogP contribution in [0.3, 0.4) is 0 Å². The van der Waals surface area contributed by atoms with Gasteiger partial charge in [0, 0.05) is 6.54 Å². The molecule has 0 unspecified atom stereocenters. The first-order valence-electron chi connectivity index (χ1n) is 9.47. The van der Waals surface area contributed by atoms with Crippen molar-refractivity contribution in [1.82, 2.24) is 0 Å². The molecular formula is C23H24N2O2. The fraction of sp³-hybridized carbons (Fsp3) is 0.261. The Hall–Kier alpha value is -3.01. The van der Waals surface area contributed by atoms with Gasteiger partial charge in [-0.25, -0.2) is 4.79 Å². The molecule has 138 valence electrons. The second-order valence-electron chi connectivity index (χ2n) is 6.79. The molecule has 0 aromatic heterocycles. The molecular weight excluding hydrogens is 336 g/mol. The van der Waals surface area contributed by atoms with E-state index in [1.165, 1.54) is 5.56 Å². The van der Waals surface area contributed by atoms with Gasteiger partial charge in [-0.3, -0.25) is 0 Å². The molecule has 0 saturated heterocycles. The fourth-order valence-electron chi connectivity index (χ4n) is 3.99. The molecule has 0 radical (unpaired) electrons. The normalized spacial score (nSPS) is 18.2. The van der Waals surface area contributed by atoms with E-state index in [0.29, 0.717) is 19.6 Å². The van der Waals surface area contributed by atoms with Crippen molar-refractivity contribution in [3.05, 3.63) is 84.2 Å². The maximum absolute atomic E-state index is 12.7. The van der Waals surface area contributed by atoms with Gasteiger partial charge in [0.1, 0.15) is 5.82 Å². The predicted molar refractivity (Wildman–Crippen MR) is 108 cm³/mol. The van der Waals surface area contributed by atoms with Gasteiger partial charge in [-0.05, 0) is 37.5 Å². The highest BCUT2D eigenvalue weighted by molar-refractivity contribution is 5.95. The first-order chi connectivity index (χ1) is 13.2. The number of hydrogen-bond acceptors (Lipinski definition) is 4. The van der Waals surface area contributed by atoms with E-state index < -0.39 is 0 Å². The van der Waals surface area contributed by atoms with E-state index in [4.69, 9.17) is 4.74 Å². The number of fused-ring (bicyclic) bond motifs is 3. The molecule has 0 saturated carbocycles. The van der Waals surface area contributed by atoms with Crippen molar-refractivity contribution >= 4 is 17.3 Å². The number of para-hydroxylation sites is 2. The molecule has 0 amide bonds. The van der Waals surface area contributed by atoms with Crippen molar-refractivity contribution in [2.45, 2.75) is 32.4 Å². The third kappa shape index (κ3) is 3.01. The summed E-state index contributed by atoms with van der Waals surface area (Å²) in [6, 6.07) is 18.8. The van der Waals surface area contributed by atoms with Gasteiger partial charge in [-0.2, -0.15) is 0 Å². The Morgan fingerprint density at radius 1 is 1.15 bits per heavy atom. The number of esters is 1. The maximum Gasteiger partial charge on any atom is 0.337 e. The van der Waals surface area contributed by atoms with Crippen LogP contribution in [0.1, 0.15) is 25.3 Å². The fourth-order valence-corrected chi connectivity index (χ4v) is 3.99. The van der Waals surface area contributed by atoms with Crippen LogP contribution in [0, 0.1) is 0 Å². The number of nitrogens with zero attached hydrogens (tertiary/aromatic N) is 2. The molecule has 0 N–H and O–H groups in total. The van der Waals surface area contributed by atoms with Gasteiger partial charge in [0.2, 0.25) is 0 Å². The number of carbonyl (C=O) groups excluding carboxylic acids is 1. The molecule has 2 aliphatic rings. The molecule has 0 spiro atoms. The van der Waals surface area contributed by atoms with Crippen LogP contribution in [-0.2, 0) is 16.1 Å². The highest BCUT2D eigenvalue weighted by Crippen LogP contribution is 2.48. The van der Waals surface area contributed by atoms with Gasteiger partial charge in [0.25, 0.3) is 0 Å². The van der Waals surface area contributed by atoms with Gasteiger partial charge in [-0.15, -0.1) is 6.58 Å². The smallest absolute Gasteiger partial charge is 0.337 e. The van der Waals surface area contributed by atoms with Crippen LogP contribution in [0.5, 0.6) is 0 Å². The number of hydrogen-bond donors (Lipinski definition) is 0. The van der Waals surface area contributed by atoms with Gasteiger partial charge in [0.05, 0.1) is 29.6 Å². The van der Waals surface area contributed by atoms with E-state index in [1.54, 1.807) is 0 Å². The summed E-state index contributed by atoms with van der Waals surface area (Å²) in [6.07, 6.45) is 3.53. The summed E-state index contributed by atoms with van der Waals surface area (Å²) in [7, 11) is 0. The summed E-state index contributed by atoms with van der Waals surface area (Å²) in [6.45, 7) is 6.97. The zero-order chi connectivity index (χ0) is 18.8. The number of rotatable bonds is 5. The van der Waals surface area contributed by atoms with Crippen LogP contribution in [0.2, 0.25) is 0 Å². The second-order valence-corrected chi connectivity index (χ2v) is 6.79. The summed E-state index contributed by atoms with van der Waals surface area (Å²) in [5, 5.41) is 0. The van der Waals surface area contributed by atoms with Gasteiger partial charge >= 0.3 is 5.97 Å². The van der Waals surface area contributed by atoms with Crippen molar-refractivity contribution in [3.8, 4) is 0 Å². The molecule has 0 fully saturated rings. The topological polar surface area (TPSA) is 32.8 Å². The van der Waals surface area contributed by atoms with Crippen LogP contribution in [0.25, 0.3) is 0 Å². The van der Waals surface area contributed by atoms with Gasteiger partial charge in [-0.1, -0.05) is 48.5 Å². The van der Waals surface area contributed by atoms with E-state index in [0.717, 1.165) is 29.2 Å². The summed E-state index contributed by atoms with van der Waals surface area (Å²) in [4.78, 5) is 17.2. The van der Waals surface area contributed by atoms with Crippen LogP contribution >= 0.6 is 0 Å². The van der Waals surface area contributed by atoms with Crippen molar-refractivity contribution < 1.29 is 9.53 Å². The maximum atomic E-state index is 12.7. The molecule has 0 bridgehead atoms. The zero-order valence-corrected chi connectivity index (χ0v) is 15.6. The van der Waals surface area contributed by atoms with E-state index in [-0.39, 0.29) is 12.0 Å². The molecule has 4 rings (SSSR count). The second kappa shape index (κ2) is 7.31. The molecule has 2 aliphatic heterocycles. The number of carbonyl (C=O) groups is 1. The Labute approximate surface area is 160 Å². The van der Waals surface area contributed by atoms with E-state index in [9.17, 15) is 4.79 Å². The third-order valence-corrected chi connectivity index (χ3v) is 5.19. The molecule has 2 heterocycles. The van der Waals surface area contributed by atoms with E-state index >= 15 is 0 Å². The largest absolute Gasteiger partial charge is 0.463 e. The minimum Gasteiger partial charge on any atom is -0.463 e. The number of benzene rings is 2. The molecule has 27 heavy (non-hydrogen) atoms. The monoisotopic (exact) mass is 360 g/mol. The molecule has 0 aliphatic carbocycles. The van der Waals surface area contributed by atoms with Gasteiger partial charge < -0.3 is 14.5 Å². The first-order valence-corrected chi connectivity index (χ1v) is 9.47.